The molecule has 1 heterocycles. The van der Waals surface area contributed by atoms with E-state index in [1.54, 1.807) is 48.5 Å². The van der Waals surface area contributed by atoms with Crippen molar-refractivity contribution in [2.75, 3.05) is 6.54 Å². The van der Waals surface area contributed by atoms with Gasteiger partial charge in [0.05, 0.1) is 16.6 Å². The molecule has 0 saturated carbocycles. The molecule has 1 amide bonds. The van der Waals surface area contributed by atoms with E-state index in [9.17, 15) is 19.2 Å². The van der Waals surface area contributed by atoms with Crippen LogP contribution in [0.15, 0.2) is 58.1 Å². The van der Waals surface area contributed by atoms with E-state index in [0.29, 0.717) is 28.7 Å². The number of amides is 1. The number of carbonyl (C=O) groups is 2. The van der Waals surface area contributed by atoms with Gasteiger partial charge in [-0.05, 0) is 49.2 Å². The van der Waals surface area contributed by atoms with E-state index in [-0.39, 0.29) is 24.2 Å². The molecular formula is C22H23N3O4. The predicted octanol–water partition coefficient (Wildman–Crippen LogP) is 2.13. The summed E-state index contributed by atoms with van der Waals surface area (Å²) in [5.41, 5.74) is 0.144. The van der Waals surface area contributed by atoms with Crippen LogP contribution in [0.1, 0.15) is 31.1 Å². The number of hydrogen-bond acceptors (Lipinski definition) is 4. The van der Waals surface area contributed by atoms with Gasteiger partial charge in [0.15, 0.2) is 5.78 Å². The fourth-order valence-electron chi connectivity index (χ4n) is 3.06. The molecule has 150 valence electrons. The number of nitrogens with one attached hydrogen (secondary N) is 1. The predicted molar refractivity (Wildman–Crippen MR) is 112 cm³/mol. The summed E-state index contributed by atoms with van der Waals surface area (Å²) >= 11 is 0. The maximum atomic E-state index is 13.2. The van der Waals surface area contributed by atoms with Crippen LogP contribution in [0.2, 0.25) is 0 Å². The van der Waals surface area contributed by atoms with E-state index in [2.05, 4.69) is 5.32 Å². The quantitative estimate of drug-likeness (QED) is 0.650. The lowest BCUT2D eigenvalue weighted by molar-refractivity contribution is -0.121. The molecule has 0 radical (unpaired) electrons. The molecule has 1 aromatic heterocycles. The van der Waals surface area contributed by atoms with Gasteiger partial charge >= 0.3 is 5.69 Å². The molecule has 0 spiro atoms. The molecule has 0 bridgehead atoms. The third-order valence-electron chi connectivity index (χ3n) is 4.59. The standard InChI is InChI=1S/C22H23N3O4/c1-14(2)12-23-20(27)13-24-19-7-5-4-6-18(19)21(28)25(22(24)29)17-10-8-16(9-11-17)15(3)26/h4-11,14H,12-13H2,1-3H3,(H,23,27). The number of para-hydroxylation sites is 1. The number of aromatic nitrogens is 2. The zero-order chi connectivity index (χ0) is 21.1. The average molecular weight is 393 g/mol. The molecule has 0 aliphatic carbocycles. The fraction of sp³-hybridized carbons (Fsp3) is 0.273. The third-order valence-corrected chi connectivity index (χ3v) is 4.59. The monoisotopic (exact) mass is 393 g/mol. The lowest BCUT2D eigenvalue weighted by atomic mass is 10.1. The number of benzene rings is 2. The maximum Gasteiger partial charge on any atom is 0.336 e. The highest BCUT2D eigenvalue weighted by molar-refractivity contribution is 5.94. The van der Waals surface area contributed by atoms with E-state index in [1.807, 2.05) is 13.8 Å². The van der Waals surface area contributed by atoms with Crippen molar-refractivity contribution in [3.8, 4) is 5.69 Å². The van der Waals surface area contributed by atoms with Crippen LogP contribution in [-0.2, 0) is 11.3 Å². The molecule has 0 fully saturated rings. The normalized spacial score (nSPS) is 11.0. The third kappa shape index (κ3) is 4.18. The topological polar surface area (TPSA) is 90.2 Å². The molecule has 7 nitrogen and oxygen atoms in total. The smallest absolute Gasteiger partial charge is 0.336 e. The van der Waals surface area contributed by atoms with Gasteiger partial charge in [-0.15, -0.1) is 0 Å². The summed E-state index contributed by atoms with van der Waals surface area (Å²) in [5.74, 6) is -0.133. The van der Waals surface area contributed by atoms with E-state index in [0.717, 1.165) is 4.57 Å². The Labute approximate surface area is 167 Å². The van der Waals surface area contributed by atoms with Crippen LogP contribution in [0.25, 0.3) is 16.6 Å². The van der Waals surface area contributed by atoms with Crippen LogP contribution in [0.3, 0.4) is 0 Å². The van der Waals surface area contributed by atoms with Crippen molar-refractivity contribution >= 4 is 22.6 Å². The Kier molecular flexibility index (Phi) is 5.77. The molecule has 0 aliphatic rings. The molecule has 0 aliphatic heterocycles. The van der Waals surface area contributed by atoms with Gasteiger partial charge in [-0.1, -0.05) is 26.0 Å². The van der Waals surface area contributed by atoms with Crippen molar-refractivity contribution in [3.05, 3.63) is 74.9 Å². The zero-order valence-corrected chi connectivity index (χ0v) is 16.6. The molecule has 0 atom stereocenters. The van der Waals surface area contributed by atoms with Gasteiger partial charge in [0.2, 0.25) is 5.91 Å². The van der Waals surface area contributed by atoms with Gasteiger partial charge in [0.1, 0.15) is 6.54 Å². The van der Waals surface area contributed by atoms with E-state index >= 15 is 0 Å². The van der Waals surface area contributed by atoms with Gasteiger partial charge in [-0.3, -0.25) is 19.0 Å². The number of Topliss-reactive ketones (excluding diaryl/α,β-unsaturated/α-hetero) is 1. The van der Waals surface area contributed by atoms with Crippen LogP contribution >= 0.6 is 0 Å². The second kappa shape index (κ2) is 8.26. The fourth-order valence-corrected chi connectivity index (χ4v) is 3.06. The lowest BCUT2D eigenvalue weighted by Gasteiger charge is -2.15. The summed E-state index contributed by atoms with van der Waals surface area (Å²) in [6, 6.07) is 12.9. The Morgan fingerprint density at radius 2 is 1.66 bits per heavy atom. The first-order valence-corrected chi connectivity index (χ1v) is 9.42. The van der Waals surface area contributed by atoms with Gasteiger partial charge in [-0.2, -0.15) is 0 Å². The van der Waals surface area contributed by atoms with Crippen LogP contribution in [0.4, 0.5) is 0 Å². The van der Waals surface area contributed by atoms with Crippen molar-refractivity contribution in [1.29, 1.82) is 0 Å². The summed E-state index contributed by atoms with van der Waals surface area (Å²) in [6.45, 7) is 5.70. The van der Waals surface area contributed by atoms with Crippen molar-refractivity contribution in [1.82, 2.24) is 14.5 Å². The summed E-state index contributed by atoms with van der Waals surface area (Å²) < 4.78 is 2.33. The Morgan fingerprint density at radius 3 is 2.28 bits per heavy atom. The van der Waals surface area contributed by atoms with Crippen molar-refractivity contribution in [2.24, 2.45) is 5.92 Å². The molecule has 3 aromatic rings. The lowest BCUT2D eigenvalue weighted by Crippen LogP contribution is -2.42. The van der Waals surface area contributed by atoms with Crippen LogP contribution in [0.5, 0.6) is 0 Å². The molecule has 3 rings (SSSR count). The Hall–Kier alpha value is -3.48. The minimum Gasteiger partial charge on any atom is -0.354 e. The highest BCUT2D eigenvalue weighted by Crippen LogP contribution is 2.11. The number of fused-ring (bicyclic) bond motifs is 1. The highest BCUT2D eigenvalue weighted by atomic mass is 16.2. The molecular weight excluding hydrogens is 370 g/mol. The molecule has 2 aromatic carbocycles. The first kappa shape index (κ1) is 20.3. The summed E-state index contributed by atoms with van der Waals surface area (Å²) in [5, 5.41) is 3.13. The van der Waals surface area contributed by atoms with E-state index < -0.39 is 11.2 Å². The molecule has 0 saturated heterocycles. The summed E-state index contributed by atoms with van der Waals surface area (Å²) in [4.78, 5) is 50.1. The van der Waals surface area contributed by atoms with Crippen LogP contribution in [-0.4, -0.2) is 27.4 Å². The van der Waals surface area contributed by atoms with E-state index in [1.165, 1.54) is 11.5 Å². The SMILES string of the molecule is CC(=O)c1ccc(-n2c(=O)c3ccccc3n(CC(=O)NCC(C)C)c2=O)cc1. The molecule has 7 heteroatoms. The van der Waals surface area contributed by atoms with Crippen molar-refractivity contribution in [2.45, 2.75) is 27.3 Å². The number of nitrogens with zero attached hydrogens (tertiary/aromatic N) is 2. The molecule has 1 N–H and O–H groups in total. The highest BCUT2D eigenvalue weighted by Gasteiger charge is 2.16. The summed E-state index contributed by atoms with van der Waals surface area (Å²) in [6.07, 6.45) is 0. The van der Waals surface area contributed by atoms with Crippen molar-refractivity contribution < 1.29 is 9.59 Å². The van der Waals surface area contributed by atoms with Crippen LogP contribution < -0.4 is 16.6 Å². The average Bonchev–Trinajstić information content (AvgIpc) is 2.70. The minimum absolute atomic E-state index is 0.110. The van der Waals surface area contributed by atoms with Gasteiger partial charge in [0, 0.05) is 12.1 Å². The van der Waals surface area contributed by atoms with Gasteiger partial charge in [-0.25, -0.2) is 9.36 Å². The Balaban J connectivity index is 2.16. The van der Waals surface area contributed by atoms with E-state index in [4.69, 9.17) is 0 Å². The van der Waals surface area contributed by atoms with Gasteiger partial charge in [0.25, 0.3) is 5.56 Å². The second-order valence-corrected chi connectivity index (χ2v) is 7.33. The molecule has 29 heavy (non-hydrogen) atoms. The first-order valence-electron chi connectivity index (χ1n) is 9.42. The number of rotatable bonds is 6. The Bertz CT molecular complexity index is 1190. The zero-order valence-electron chi connectivity index (χ0n) is 16.6. The minimum atomic E-state index is -0.607. The Morgan fingerprint density at radius 1 is 1.00 bits per heavy atom. The van der Waals surface area contributed by atoms with Crippen molar-refractivity contribution in [3.63, 3.8) is 0 Å². The maximum absolute atomic E-state index is 13.2. The largest absolute Gasteiger partial charge is 0.354 e. The number of ketones is 1. The van der Waals surface area contributed by atoms with Crippen LogP contribution in [0, 0.1) is 5.92 Å². The summed E-state index contributed by atoms with van der Waals surface area (Å²) in [7, 11) is 0. The number of hydrogen-bond donors (Lipinski definition) is 1. The molecule has 0 unspecified atom stereocenters. The first-order chi connectivity index (χ1) is 13.8. The second-order valence-electron chi connectivity index (χ2n) is 7.33. The van der Waals surface area contributed by atoms with Gasteiger partial charge < -0.3 is 5.32 Å². The number of carbonyl (C=O) groups excluding carboxylic acids is 2.